The number of amides is 1. The summed E-state index contributed by atoms with van der Waals surface area (Å²) in [5.74, 6) is 0.565. The van der Waals surface area contributed by atoms with Crippen LogP contribution in [0, 0.1) is 0 Å². The van der Waals surface area contributed by atoms with Crippen molar-refractivity contribution in [1.29, 1.82) is 0 Å². The highest BCUT2D eigenvalue weighted by molar-refractivity contribution is 5.83. The molecule has 3 atom stereocenters. The summed E-state index contributed by atoms with van der Waals surface area (Å²) in [6, 6.07) is 15.5. The topological polar surface area (TPSA) is 64.3 Å². The van der Waals surface area contributed by atoms with Crippen molar-refractivity contribution in [3.05, 3.63) is 65.2 Å². The zero-order chi connectivity index (χ0) is 16.4. The van der Waals surface area contributed by atoms with Gasteiger partial charge in [-0.3, -0.25) is 4.79 Å². The van der Waals surface area contributed by atoms with Crippen LogP contribution in [-0.2, 0) is 11.2 Å². The molecule has 1 unspecified atom stereocenters. The van der Waals surface area contributed by atoms with E-state index in [1.165, 1.54) is 5.56 Å². The summed E-state index contributed by atoms with van der Waals surface area (Å²) in [5.41, 5.74) is 9.61. The van der Waals surface area contributed by atoms with E-state index in [9.17, 15) is 4.79 Å². The van der Waals surface area contributed by atoms with Crippen molar-refractivity contribution < 1.29 is 9.53 Å². The van der Waals surface area contributed by atoms with Crippen LogP contribution < -0.4 is 15.8 Å². The molecule has 1 amide bonds. The summed E-state index contributed by atoms with van der Waals surface area (Å²) in [5, 5.41) is 3.11. The van der Waals surface area contributed by atoms with Crippen LogP contribution in [0.5, 0.6) is 5.75 Å². The Bertz CT molecular complexity index is 697. The summed E-state index contributed by atoms with van der Waals surface area (Å²) >= 11 is 0. The van der Waals surface area contributed by atoms with E-state index < -0.39 is 0 Å². The van der Waals surface area contributed by atoms with Gasteiger partial charge in [0.1, 0.15) is 5.75 Å². The fourth-order valence-electron chi connectivity index (χ4n) is 3.12. The van der Waals surface area contributed by atoms with E-state index in [0.29, 0.717) is 0 Å². The number of benzene rings is 2. The number of carbonyl (C=O) groups excluding carboxylic acids is 1. The first-order valence-corrected chi connectivity index (χ1v) is 7.88. The van der Waals surface area contributed by atoms with Crippen molar-refractivity contribution >= 4 is 5.91 Å². The monoisotopic (exact) mass is 310 g/mol. The lowest BCUT2D eigenvalue weighted by atomic mass is 9.99. The Morgan fingerprint density at radius 3 is 2.57 bits per heavy atom. The Kier molecular flexibility index (Phi) is 4.35. The van der Waals surface area contributed by atoms with E-state index in [-0.39, 0.29) is 23.9 Å². The molecule has 4 nitrogen and oxygen atoms in total. The quantitative estimate of drug-likeness (QED) is 0.912. The van der Waals surface area contributed by atoms with Crippen LogP contribution >= 0.6 is 0 Å². The third-order valence-corrected chi connectivity index (χ3v) is 4.62. The van der Waals surface area contributed by atoms with Gasteiger partial charge < -0.3 is 15.8 Å². The predicted molar refractivity (Wildman–Crippen MR) is 90.4 cm³/mol. The van der Waals surface area contributed by atoms with Gasteiger partial charge in [0.15, 0.2) is 0 Å². The molecule has 0 radical (unpaired) electrons. The summed E-state index contributed by atoms with van der Waals surface area (Å²) < 4.78 is 5.15. The average Bonchev–Trinajstić information content (AvgIpc) is 2.90. The van der Waals surface area contributed by atoms with Crippen molar-refractivity contribution in [1.82, 2.24) is 5.32 Å². The van der Waals surface area contributed by atoms with Crippen molar-refractivity contribution in [2.24, 2.45) is 5.73 Å². The highest BCUT2D eigenvalue weighted by atomic mass is 16.5. The van der Waals surface area contributed by atoms with Gasteiger partial charge in [-0.1, -0.05) is 36.4 Å². The minimum atomic E-state index is -0.225. The SMILES string of the molecule is COc1ccc(C(C)C(=O)N[C@H]2Cc3ccccc3[C@@H]2N)cc1. The normalized spacial score (nSPS) is 20.7. The van der Waals surface area contributed by atoms with E-state index in [4.69, 9.17) is 10.5 Å². The molecule has 0 saturated heterocycles. The van der Waals surface area contributed by atoms with Gasteiger partial charge in [0.05, 0.1) is 25.1 Å². The highest BCUT2D eigenvalue weighted by Crippen LogP contribution is 2.30. The Morgan fingerprint density at radius 2 is 1.91 bits per heavy atom. The Balaban J connectivity index is 1.67. The van der Waals surface area contributed by atoms with Crippen LogP contribution in [0.25, 0.3) is 0 Å². The molecule has 3 rings (SSSR count). The van der Waals surface area contributed by atoms with Gasteiger partial charge in [0.2, 0.25) is 5.91 Å². The molecule has 1 aliphatic carbocycles. The second-order valence-corrected chi connectivity index (χ2v) is 6.04. The number of nitrogens with one attached hydrogen (secondary N) is 1. The summed E-state index contributed by atoms with van der Waals surface area (Å²) in [4.78, 5) is 12.6. The van der Waals surface area contributed by atoms with E-state index >= 15 is 0 Å². The van der Waals surface area contributed by atoms with Crippen LogP contribution in [0.4, 0.5) is 0 Å². The van der Waals surface area contributed by atoms with Gasteiger partial charge in [0, 0.05) is 0 Å². The molecule has 0 spiro atoms. The van der Waals surface area contributed by atoms with Gasteiger partial charge in [0.25, 0.3) is 0 Å². The lowest BCUT2D eigenvalue weighted by molar-refractivity contribution is -0.123. The maximum Gasteiger partial charge on any atom is 0.227 e. The van der Waals surface area contributed by atoms with Crippen molar-refractivity contribution in [3.8, 4) is 5.75 Å². The molecule has 3 N–H and O–H groups in total. The predicted octanol–water partition coefficient (Wildman–Crippen LogP) is 2.54. The van der Waals surface area contributed by atoms with Crippen LogP contribution in [0.1, 0.15) is 35.6 Å². The lowest BCUT2D eigenvalue weighted by Gasteiger charge is -2.21. The molecule has 120 valence electrons. The van der Waals surface area contributed by atoms with Gasteiger partial charge in [-0.15, -0.1) is 0 Å². The molecule has 0 fully saturated rings. The second kappa shape index (κ2) is 6.42. The van der Waals surface area contributed by atoms with E-state index in [0.717, 1.165) is 23.3 Å². The molecule has 0 saturated carbocycles. The molecule has 1 aliphatic rings. The molecule has 23 heavy (non-hydrogen) atoms. The van der Waals surface area contributed by atoms with E-state index in [2.05, 4.69) is 11.4 Å². The number of carbonyl (C=O) groups is 1. The van der Waals surface area contributed by atoms with Gasteiger partial charge in [-0.05, 0) is 42.2 Å². The minimum absolute atomic E-state index is 0.00317. The summed E-state index contributed by atoms with van der Waals surface area (Å²) in [6.45, 7) is 1.91. The molecular weight excluding hydrogens is 288 g/mol. The van der Waals surface area contributed by atoms with Crippen LogP contribution in [0.3, 0.4) is 0 Å². The first kappa shape index (κ1) is 15.6. The molecule has 4 heteroatoms. The van der Waals surface area contributed by atoms with Crippen molar-refractivity contribution in [3.63, 3.8) is 0 Å². The van der Waals surface area contributed by atoms with E-state index in [1.54, 1.807) is 7.11 Å². The number of hydrogen-bond acceptors (Lipinski definition) is 3. The number of rotatable bonds is 4. The number of ether oxygens (including phenoxy) is 1. The Hall–Kier alpha value is -2.33. The van der Waals surface area contributed by atoms with Crippen LogP contribution in [-0.4, -0.2) is 19.1 Å². The highest BCUT2D eigenvalue weighted by Gasteiger charge is 2.31. The third-order valence-electron chi connectivity index (χ3n) is 4.62. The molecule has 0 heterocycles. The fourth-order valence-corrected chi connectivity index (χ4v) is 3.12. The summed E-state index contributed by atoms with van der Waals surface area (Å²) in [6.07, 6.45) is 0.790. The van der Waals surface area contributed by atoms with Gasteiger partial charge in [-0.25, -0.2) is 0 Å². The maximum absolute atomic E-state index is 12.6. The molecular formula is C19H22N2O2. The smallest absolute Gasteiger partial charge is 0.227 e. The third kappa shape index (κ3) is 3.08. The van der Waals surface area contributed by atoms with Crippen molar-refractivity contribution in [2.45, 2.75) is 31.3 Å². The van der Waals surface area contributed by atoms with Gasteiger partial charge in [-0.2, -0.15) is 0 Å². The molecule has 2 aromatic carbocycles. The minimum Gasteiger partial charge on any atom is -0.497 e. The fraction of sp³-hybridized carbons (Fsp3) is 0.316. The van der Waals surface area contributed by atoms with Crippen LogP contribution in [0.15, 0.2) is 48.5 Å². The molecule has 0 aliphatic heterocycles. The Labute approximate surface area is 136 Å². The average molecular weight is 310 g/mol. The standard InChI is InChI=1S/C19H22N2O2/c1-12(13-7-9-15(23-2)10-8-13)19(22)21-17-11-14-5-3-4-6-16(14)18(17)20/h3-10,12,17-18H,11,20H2,1-2H3,(H,21,22)/t12?,17-,18-/m0/s1. The largest absolute Gasteiger partial charge is 0.497 e. The van der Waals surface area contributed by atoms with Gasteiger partial charge >= 0.3 is 0 Å². The molecule has 2 aromatic rings. The number of nitrogens with two attached hydrogens (primary N) is 1. The second-order valence-electron chi connectivity index (χ2n) is 6.04. The zero-order valence-corrected chi connectivity index (χ0v) is 13.5. The summed E-state index contributed by atoms with van der Waals surface area (Å²) in [7, 11) is 1.63. The maximum atomic E-state index is 12.6. The lowest BCUT2D eigenvalue weighted by Crippen LogP contribution is -2.42. The Morgan fingerprint density at radius 1 is 1.22 bits per heavy atom. The number of hydrogen-bond donors (Lipinski definition) is 2. The van der Waals surface area contributed by atoms with E-state index in [1.807, 2.05) is 49.4 Å². The number of methoxy groups -OCH3 is 1. The molecule has 0 bridgehead atoms. The first-order chi connectivity index (χ1) is 11.1. The van der Waals surface area contributed by atoms with Crippen LogP contribution in [0.2, 0.25) is 0 Å². The zero-order valence-electron chi connectivity index (χ0n) is 13.5. The molecule has 0 aromatic heterocycles. The first-order valence-electron chi connectivity index (χ1n) is 7.88. The number of fused-ring (bicyclic) bond motifs is 1. The van der Waals surface area contributed by atoms with Crippen molar-refractivity contribution in [2.75, 3.05) is 7.11 Å².